The van der Waals surface area contributed by atoms with Crippen LogP contribution in [0.2, 0.25) is 0 Å². The molecule has 1 aromatic heterocycles. The van der Waals surface area contributed by atoms with Gasteiger partial charge in [0, 0.05) is 18.2 Å². The quantitative estimate of drug-likeness (QED) is 0.931. The first kappa shape index (κ1) is 13.1. The highest BCUT2D eigenvalue weighted by atomic mass is 19.1. The fourth-order valence-corrected chi connectivity index (χ4v) is 2.48. The molecule has 0 bridgehead atoms. The number of nitrogens with zero attached hydrogens (tertiary/aromatic N) is 1. The van der Waals surface area contributed by atoms with Crippen LogP contribution in [0.25, 0.3) is 0 Å². The van der Waals surface area contributed by atoms with Gasteiger partial charge in [-0.1, -0.05) is 12.1 Å². The Labute approximate surface area is 117 Å². The van der Waals surface area contributed by atoms with Crippen molar-refractivity contribution in [1.29, 1.82) is 0 Å². The third-order valence-corrected chi connectivity index (χ3v) is 3.57. The van der Waals surface area contributed by atoms with Crippen LogP contribution in [-0.2, 0) is 12.8 Å². The number of aromatic nitrogens is 1. The zero-order valence-electron chi connectivity index (χ0n) is 11.1. The minimum absolute atomic E-state index is 0.420. The van der Waals surface area contributed by atoms with E-state index in [2.05, 4.69) is 11.1 Å². The molecule has 1 aliphatic rings. The van der Waals surface area contributed by atoms with E-state index in [1.54, 1.807) is 0 Å². The van der Waals surface area contributed by atoms with Gasteiger partial charge in [-0.05, 0) is 36.1 Å². The van der Waals surface area contributed by atoms with Crippen molar-refractivity contribution in [3.63, 3.8) is 0 Å². The van der Waals surface area contributed by atoms with Crippen LogP contribution in [0, 0.1) is 5.82 Å². The first-order valence-electron chi connectivity index (χ1n) is 6.75. The molecule has 0 fully saturated rings. The molecule has 0 saturated heterocycles. The van der Waals surface area contributed by atoms with Crippen molar-refractivity contribution in [1.82, 2.24) is 4.98 Å². The Morgan fingerprint density at radius 3 is 3.05 bits per heavy atom. The Morgan fingerprint density at radius 1 is 1.30 bits per heavy atom. The smallest absolute Gasteiger partial charge is 0.141 e. The Morgan fingerprint density at radius 2 is 2.20 bits per heavy atom. The summed E-state index contributed by atoms with van der Waals surface area (Å²) in [5, 5.41) is 10.1. The highest BCUT2D eigenvalue weighted by molar-refractivity contribution is 5.39. The van der Waals surface area contributed by atoms with E-state index in [1.807, 2.05) is 12.1 Å². The van der Waals surface area contributed by atoms with Crippen LogP contribution in [0.4, 0.5) is 4.39 Å². The highest BCUT2D eigenvalue weighted by Crippen LogP contribution is 2.27. The molecule has 104 valence electrons. The van der Waals surface area contributed by atoms with Crippen molar-refractivity contribution in [3.8, 4) is 5.75 Å². The maximum Gasteiger partial charge on any atom is 0.141 e. The number of pyridine rings is 1. The molecule has 0 radical (unpaired) electrons. The number of ether oxygens (including phenoxy) is 1. The number of halogens is 1. The second kappa shape index (κ2) is 5.59. The maximum absolute atomic E-state index is 13.1. The molecule has 0 spiro atoms. The minimum Gasteiger partial charge on any atom is -0.493 e. The largest absolute Gasteiger partial charge is 0.493 e. The summed E-state index contributed by atoms with van der Waals surface area (Å²) in [5.74, 6) is 0.542. The van der Waals surface area contributed by atoms with Gasteiger partial charge in [0.25, 0.3) is 0 Å². The van der Waals surface area contributed by atoms with Crippen LogP contribution in [-0.4, -0.2) is 16.7 Å². The van der Waals surface area contributed by atoms with E-state index in [9.17, 15) is 9.50 Å². The van der Waals surface area contributed by atoms with Gasteiger partial charge < -0.3 is 9.84 Å². The van der Waals surface area contributed by atoms with E-state index in [0.717, 1.165) is 37.0 Å². The summed E-state index contributed by atoms with van der Waals surface area (Å²) in [7, 11) is 0. The van der Waals surface area contributed by atoms with Crippen LogP contribution in [0.3, 0.4) is 0 Å². The zero-order chi connectivity index (χ0) is 13.9. The molecule has 20 heavy (non-hydrogen) atoms. The van der Waals surface area contributed by atoms with Crippen LogP contribution < -0.4 is 4.74 Å². The van der Waals surface area contributed by atoms with Gasteiger partial charge in [-0.3, -0.25) is 4.98 Å². The summed E-state index contributed by atoms with van der Waals surface area (Å²) in [5.41, 5.74) is 2.91. The normalized spacial score (nSPS) is 14.7. The fraction of sp³-hybridized carbons (Fsp3) is 0.312. The number of hydrogen-bond donors (Lipinski definition) is 1. The second-order valence-electron chi connectivity index (χ2n) is 5.03. The summed E-state index contributed by atoms with van der Waals surface area (Å²) in [6, 6.07) is 7.45. The number of rotatable bonds is 4. The lowest BCUT2D eigenvalue weighted by molar-refractivity contribution is 0.167. The lowest BCUT2D eigenvalue weighted by Gasteiger charge is -2.11. The number of aliphatic hydroxyl groups excluding tert-OH is 1. The molecule has 0 amide bonds. The molecular weight excluding hydrogens is 257 g/mol. The molecule has 0 aliphatic carbocycles. The van der Waals surface area contributed by atoms with Crippen molar-refractivity contribution >= 4 is 0 Å². The van der Waals surface area contributed by atoms with Crippen molar-refractivity contribution < 1.29 is 14.2 Å². The molecule has 2 aromatic rings. The first-order chi connectivity index (χ1) is 9.72. The van der Waals surface area contributed by atoms with Gasteiger partial charge in [-0.25, -0.2) is 4.39 Å². The second-order valence-corrected chi connectivity index (χ2v) is 5.03. The van der Waals surface area contributed by atoms with Crippen molar-refractivity contribution in [2.24, 2.45) is 0 Å². The predicted octanol–water partition coefficient (Wildman–Crippen LogP) is 2.82. The number of benzene rings is 1. The van der Waals surface area contributed by atoms with Gasteiger partial charge in [0.05, 0.1) is 18.9 Å². The van der Waals surface area contributed by atoms with E-state index in [4.69, 9.17) is 4.74 Å². The SMILES string of the molecule is OC(CCc1ccc2c(c1)CCO2)c1cncc(F)c1. The molecule has 1 aliphatic heterocycles. The Bertz CT molecular complexity index is 615. The van der Waals surface area contributed by atoms with E-state index in [-0.39, 0.29) is 0 Å². The third kappa shape index (κ3) is 2.80. The van der Waals surface area contributed by atoms with E-state index < -0.39 is 11.9 Å². The number of aliphatic hydroxyl groups is 1. The summed E-state index contributed by atoms with van der Waals surface area (Å²) in [6.45, 7) is 0.746. The molecule has 1 atom stereocenters. The van der Waals surface area contributed by atoms with E-state index >= 15 is 0 Å². The molecule has 4 heteroatoms. The van der Waals surface area contributed by atoms with Gasteiger partial charge in [0.1, 0.15) is 11.6 Å². The van der Waals surface area contributed by atoms with Gasteiger partial charge >= 0.3 is 0 Å². The number of fused-ring (bicyclic) bond motifs is 1. The Kier molecular flexibility index (Phi) is 3.65. The van der Waals surface area contributed by atoms with Gasteiger partial charge in [-0.15, -0.1) is 0 Å². The van der Waals surface area contributed by atoms with Crippen LogP contribution in [0.1, 0.15) is 29.2 Å². The van der Waals surface area contributed by atoms with Crippen molar-refractivity contribution in [2.45, 2.75) is 25.4 Å². The van der Waals surface area contributed by atoms with Crippen LogP contribution in [0.15, 0.2) is 36.7 Å². The van der Waals surface area contributed by atoms with Crippen molar-refractivity contribution in [2.75, 3.05) is 6.61 Å². The van der Waals surface area contributed by atoms with Gasteiger partial charge in [-0.2, -0.15) is 0 Å². The third-order valence-electron chi connectivity index (χ3n) is 3.57. The summed E-state index contributed by atoms with van der Waals surface area (Å²) in [4.78, 5) is 3.76. The fourth-order valence-electron chi connectivity index (χ4n) is 2.48. The molecule has 1 N–H and O–H groups in total. The summed E-state index contributed by atoms with van der Waals surface area (Å²) in [6.07, 6.45) is 4.18. The minimum atomic E-state index is -0.692. The average molecular weight is 273 g/mol. The molecule has 3 nitrogen and oxygen atoms in total. The molecule has 1 unspecified atom stereocenters. The number of aryl methyl sites for hydroxylation is 1. The standard InChI is InChI=1S/C16H16FNO2/c17-14-8-13(9-18-10-14)15(19)3-1-11-2-4-16-12(7-11)5-6-20-16/h2,4,7-10,15,19H,1,3,5-6H2. The molecule has 0 saturated carbocycles. The van der Waals surface area contributed by atoms with E-state index in [1.165, 1.54) is 17.8 Å². The predicted molar refractivity (Wildman–Crippen MR) is 73.1 cm³/mol. The van der Waals surface area contributed by atoms with Crippen LogP contribution in [0.5, 0.6) is 5.75 Å². The zero-order valence-corrected chi connectivity index (χ0v) is 11.1. The highest BCUT2D eigenvalue weighted by Gasteiger charge is 2.13. The Balaban J connectivity index is 1.64. The molecule has 3 rings (SSSR count). The van der Waals surface area contributed by atoms with Gasteiger partial charge in [0.2, 0.25) is 0 Å². The number of hydrogen-bond acceptors (Lipinski definition) is 3. The molecule has 2 heterocycles. The Hall–Kier alpha value is -1.94. The average Bonchev–Trinajstić information content (AvgIpc) is 2.92. The lowest BCUT2D eigenvalue weighted by Crippen LogP contribution is -2.01. The molecule has 1 aromatic carbocycles. The monoisotopic (exact) mass is 273 g/mol. The first-order valence-corrected chi connectivity index (χ1v) is 6.75. The van der Waals surface area contributed by atoms with Crippen molar-refractivity contribution in [3.05, 3.63) is 59.2 Å². The van der Waals surface area contributed by atoms with Crippen LogP contribution >= 0.6 is 0 Å². The van der Waals surface area contributed by atoms with E-state index in [0.29, 0.717) is 12.0 Å². The summed E-state index contributed by atoms with van der Waals surface area (Å²) < 4.78 is 18.5. The van der Waals surface area contributed by atoms with Gasteiger partial charge in [0.15, 0.2) is 0 Å². The summed E-state index contributed by atoms with van der Waals surface area (Å²) >= 11 is 0. The lowest BCUT2D eigenvalue weighted by atomic mass is 10.0. The maximum atomic E-state index is 13.1. The topological polar surface area (TPSA) is 42.4 Å². The molecular formula is C16H16FNO2.